The van der Waals surface area contributed by atoms with E-state index in [1.807, 2.05) is 0 Å². The summed E-state index contributed by atoms with van der Waals surface area (Å²) in [4.78, 5) is 10.4. The number of aliphatic carboxylic acids is 1. The molecule has 1 aliphatic carbocycles. The molecule has 3 heteroatoms. The predicted molar refractivity (Wildman–Crippen MR) is 54.2 cm³/mol. The van der Waals surface area contributed by atoms with Gasteiger partial charge in [-0.05, 0) is 30.6 Å². The monoisotopic (exact) mass is 200 g/mol. The molecule has 1 aliphatic rings. The van der Waals surface area contributed by atoms with Crippen LogP contribution in [-0.4, -0.2) is 23.8 Å². The molecule has 1 saturated carbocycles. The zero-order valence-corrected chi connectivity index (χ0v) is 9.25. The normalized spacial score (nSPS) is 31.4. The molecule has 0 aromatic carbocycles. The first-order valence-electron chi connectivity index (χ1n) is 5.22. The SMILES string of the molecule is CC1CC(OCC(=O)O)CC(C)(C)C1. The molecule has 0 heterocycles. The van der Waals surface area contributed by atoms with Gasteiger partial charge in [-0.3, -0.25) is 0 Å². The fourth-order valence-corrected chi connectivity index (χ4v) is 2.57. The summed E-state index contributed by atoms with van der Waals surface area (Å²) < 4.78 is 5.35. The maximum Gasteiger partial charge on any atom is 0.329 e. The molecule has 0 spiro atoms. The molecule has 0 bridgehead atoms. The van der Waals surface area contributed by atoms with Crippen LogP contribution in [-0.2, 0) is 9.53 Å². The van der Waals surface area contributed by atoms with E-state index in [-0.39, 0.29) is 12.7 Å². The highest BCUT2D eigenvalue weighted by atomic mass is 16.5. The van der Waals surface area contributed by atoms with Gasteiger partial charge in [0.25, 0.3) is 0 Å². The fraction of sp³-hybridized carbons (Fsp3) is 0.909. The van der Waals surface area contributed by atoms with E-state index in [1.54, 1.807) is 0 Å². The van der Waals surface area contributed by atoms with Crippen LogP contribution in [0.25, 0.3) is 0 Å². The third-order valence-corrected chi connectivity index (χ3v) is 2.79. The molecular weight excluding hydrogens is 180 g/mol. The summed E-state index contributed by atoms with van der Waals surface area (Å²) >= 11 is 0. The van der Waals surface area contributed by atoms with Crippen molar-refractivity contribution in [1.82, 2.24) is 0 Å². The van der Waals surface area contributed by atoms with Gasteiger partial charge in [-0.15, -0.1) is 0 Å². The van der Waals surface area contributed by atoms with Crippen LogP contribution in [0.2, 0.25) is 0 Å². The molecule has 0 aromatic heterocycles. The summed E-state index contributed by atoms with van der Waals surface area (Å²) in [7, 11) is 0. The van der Waals surface area contributed by atoms with E-state index >= 15 is 0 Å². The molecule has 1 fully saturated rings. The number of rotatable bonds is 3. The highest BCUT2D eigenvalue weighted by Gasteiger charge is 2.32. The Kier molecular flexibility index (Phi) is 3.53. The minimum Gasteiger partial charge on any atom is -0.480 e. The smallest absolute Gasteiger partial charge is 0.329 e. The van der Waals surface area contributed by atoms with E-state index in [1.165, 1.54) is 6.42 Å². The van der Waals surface area contributed by atoms with E-state index in [0.717, 1.165) is 12.8 Å². The summed E-state index contributed by atoms with van der Waals surface area (Å²) in [6.45, 7) is 6.49. The molecule has 0 amide bonds. The van der Waals surface area contributed by atoms with Gasteiger partial charge in [-0.25, -0.2) is 4.79 Å². The van der Waals surface area contributed by atoms with Crippen LogP contribution >= 0.6 is 0 Å². The Hall–Kier alpha value is -0.570. The second-order valence-electron chi connectivity index (χ2n) is 5.24. The molecule has 2 atom stereocenters. The molecule has 0 aromatic rings. The van der Waals surface area contributed by atoms with Crippen LogP contribution in [0, 0.1) is 11.3 Å². The zero-order chi connectivity index (χ0) is 10.8. The van der Waals surface area contributed by atoms with Crippen molar-refractivity contribution in [3.63, 3.8) is 0 Å². The van der Waals surface area contributed by atoms with Crippen molar-refractivity contribution < 1.29 is 14.6 Å². The zero-order valence-electron chi connectivity index (χ0n) is 9.25. The quantitative estimate of drug-likeness (QED) is 0.760. The largest absolute Gasteiger partial charge is 0.480 e. The lowest BCUT2D eigenvalue weighted by Gasteiger charge is -2.38. The van der Waals surface area contributed by atoms with Crippen molar-refractivity contribution in [2.75, 3.05) is 6.61 Å². The minimum atomic E-state index is -0.874. The van der Waals surface area contributed by atoms with Crippen molar-refractivity contribution >= 4 is 5.97 Å². The Balaban J connectivity index is 2.42. The minimum absolute atomic E-state index is 0.129. The van der Waals surface area contributed by atoms with Gasteiger partial charge in [-0.2, -0.15) is 0 Å². The van der Waals surface area contributed by atoms with Gasteiger partial charge in [0.15, 0.2) is 0 Å². The van der Waals surface area contributed by atoms with Crippen molar-refractivity contribution in [1.29, 1.82) is 0 Å². The Morgan fingerprint density at radius 3 is 2.64 bits per heavy atom. The summed E-state index contributed by atoms with van der Waals surface area (Å²) in [6, 6.07) is 0. The predicted octanol–water partition coefficient (Wildman–Crippen LogP) is 2.30. The lowest BCUT2D eigenvalue weighted by Crippen LogP contribution is -2.33. The summed E-state index contributed by atoms with van der Waals surface area (Å²) in [5.74, 6) is -0.237. The number of hydrogen-bond acceptors (Lipinski definition) is 2. The number of carboxylic acid groups (broad SMARTS) is 1. The molecule has 0 radical (unpaired) electrons. The maximum atomic E-state index is 10.4. The fourth-order valence-electron chi connectivity index (χ4n) is 2.57. The average Bonchev–Trinajstić information content (AvgIpc) is 1.96. The summed E-state index contributed by atoms with van der Waals surface area (Å²) in [5, 5.41) is 8.52. The lowest BCUT2D eigenvalue weighted by molar-refractivity contribution is -0.146. The van der Waals surface area contributed by atoms with Crippen LogP contribution in [0.15, 0.2) is 0 Å². The van der Waals surface area contributed by atoms with Crippen molar-refractivity contribution in [3.8, 4) is 0 Å². The van der Waals surface area contributed by atoms with Gasteiger partial charge in [0.2, 0.25) is 0 Å². The van der Waals surface area contributed by atoms with Crippen LogP contribution in [0.5, 0.6) is 0 Å². The number of hydrogen-bond donors (Lipinski definition) is 1. The second kappa shape index (κ2) is 4.30. The molecule has 0 aliphatic heterocycles. The van der Waals surface area contributed by atoms with Gasteiger partial charge >= 0.3 is 5.97 Å². The highest BCUT2D eigenvalue weighted by molar-refractivity contribution is 5.68. The van der Waals surface area contributed by atoms with Crippen LogP contribution < -0.4 is 0 Å². The molecule has 14 heavy (non-hydrogen) atoms. The van der Waals surface area contributed by atoms with Crippen LogP contribution in [0.4, 0.5) is 0 Å². The first-order chi connectivity index (χ1) is 6.39. The molecule has 1 rings (SSSR count). The molecular formula is C11H20O3. The Morgan fingerprint density at radius 1 is 1.50 bits per heavy atom. The summed E-state index contributed by atoms with van der Waals surface area (Å²) in [5.41, 5.74) is 0.292. The van der Waals surface area contributed by atoms with Crippen molar-refractivity contribution in [3.05, 3.63) is 0 Å². The highest BCUT2D eigenvalue weighted by Crippen LogP contribution is 2.39. The van der Waals surface area contributed by atoms with E-state index in [2.05, 4.69) is 20.8 Å². The van der Waals surface area contributed by atoms with Crippen molar-refractivity contribution in [2.24, 2.45) is 11.3 Å². The van der Waals surface area contributed by atoms with E-state index in [4.69, 9.17) is 9.84 Å². The van der Waals surface area contributed by atoms with Crippen LogP contribution in [0.1, 0.15) is 40.0 Å². The number of carbonyl (C=O) groups is 1. The van der Waals surface area contributed by atoms with Gasteiger partial charge in [0, 0.05) is 0 Å². The Labute approximate surface area is 85.5 Å². The number of carboxylic acids is 1. The van der Waals surface area contributed by atoms with E-state index < -0.39 is 5.97 Å². The second-order valence-corrected chi connectivity index (χ2v) is 5.24. The first kappa shape index (κ1) is 11.5. The van der Waals surface area contributed by atoms with Gasteiger partial charge in [0.05, 0.1) is 6.10 Å². The first-order valence-corrected chi connectivity index (χ1v) is 5.22. The van der Waals surface area contributed by atoms with E-state index in [9.17, 15) is 4.79 Å². The topological polar surface area (TPSA) is 46.5 Å². The third-order valence-electron chi connectivity index (χ3n) is 2.79. The molecule has 1 N–H and O–H groups in total. The van der Waals surface area contributed by atoms with Crippen LogP contribution in [0.3, 0.4) is 0 Å². The molecule has 3 nitrogen and oxygen atoms in total. The Morgan fingerprint density at radius 2 is 2.14 bits per heavy atom. The number of ether oxygens (including phenoxy) is 1. The third kappa shape index (κ3) is 3.66. The molecule has 0 saturated heterocycles. The average molecular weight is 200 g/mol. The summed E-state index contributed by atoms with van der Waals surface area (Å²) in [6.07, 6.45) is 3.31. The lowest BCUT2D eigenvalue weighted by atomic mass is 9.71. The molecule has 82 valence electrons. The van der Waals surface area contributed by atoms with Gasteiger partial charge < -0.3 is 9.84 Å². The standard InChI is InChI=1S/C11H20O3/c1-8-4-9(14-7-10(12)13)6-11(2,3)5-8/h8-9H,4-7H2,1-3H3,(H,12,13). The van der Waals surface area contributed by atoms with Crippen molar-refractivity contribution in [2.45, 2.75) is 46.1 Å². The molecule has 2 unspecified atom stereocenters. The maximum absolute atomic E-state index is 10.4. The van der Waals surface area contributed by atoms with E-state index in [0.29, 0.717) is 11.3 Å². The van der Waals surface area contributed by atoms with Gasteiger partial charge in [0.1, 0.15) is 6.61 Å². The van der Waals surface area contributed by atoms with Gasteiger partial charge in [-0.1, -0.05) is 20.8 Å². The Bertz CT molecular complexity index is 211.